The molecule has 1 aromatic rings. The number of rotatable bonds is 4. The van der Waals surface area contributed by atoms with E-state index in [0.717, 1.165) is 16.3 Å². The highest BCUT2D eigenvalue weighted by atomic mass is 32.2. The topological polar surface area (TPSA) is 33.1 Å². The molecule has 0 aromatic carbocycles. The zero-order valence-electron chi connectivity index (χ0n) is 8.90. The van der Waals surface area contributed by atoms with Gasteiger partial charge in [0.2, 0.25) is 0 Å². The second kappa shape index (κ2) is 5.37. The molecule has 0 unspecified atom stereocenters. The molecule has 0 fully saturated rings. The zero-order chi connectivity index (χ0) is 10.6. The average Bonchev–Trinajstić information content (AvgIpc) is 2.15. The van der Waals surface area contributed by atoms with Crippen LogP contribution in [0.15, 0.2) is 23.4 Å². The van der Waals surface area contributed by atoms with Crippen LogP contribution < -0.4 is 0 Å². The quantitative estimate of drug-likeness (QED) is 0.777. The summed E-state index contributed by atoms with van der Waals surface area (Å²) in [5.74, 6) is 1.68. The van der Waals surface area contributed by atoms with Crippen LogP contribution in [0.4, 0.5) is 0 Å². The van der Waals surface area contributed by atoms with Crippen molar-refractivity contribution in [2.75, 3.05) is 5.75 Å². The van der Waals surface area contributed by atoms with E-state index in [0.29, 0.717) is 5.92 Å². The van der Waals surface area contributed by atoms with Gasteiger partial charge >= 0.3 is 0 Å². The fourth-order valence-electron chi connectivity index (χ4n) is 1.09. The molecule has 1 atom stereocenters. The van der Waals surface area contributed by atoms with Gasteiger partial charge in [0, 0.05) is 17.5 Å². The molecule has 0 amide bonds. The second-order valence-electron chi connectivity index (χ2n) is 3.78. The Bertz CT molecular complexity index is 286. The molecule has 0 spiro atoms. The second-order valence-corrected chi connectivity index (χ2v) is 4.79. The molecule has 0 aliphatic carbocycles. The number of aromatic nitrogens is 1. The van der Waals surface area contributed by atoms with E-state index in [1.165, 1.54) is 0 Å². The van der Waals surface area contributed by atoms with Crippen molar-refractivity contribution >= 4 is 11.8 Å². The van der Waals surface area contributed by atoms with Crippen molar-refractivity contribution in [3.8, 4) is 0 Å². The minimum Gasteiger partial charge on any atom is -0.389 e. The summed E-state index contributed by atoms with van der Waals surface area (Å²) in [6.07, 6.45) is 1.34. The molecule has 14 heavy (non-hydrogen) atoms. The number of nitrogens with zero attached hydrogens (tertiary/aromatic N) is 1. The average molecular weight is 211 g/mol. The van der Waals surface area contributed by atoms with E-state index in [-0.39, 0.29) is 0 Å². The van der Waals surface area contributed by atoms with Gasteiger partial charge in [0.05, 0.1) is 6.10 Å². The first-order valence-electron chi connectivity index (χ1n) is 4.87. The van der Waals surface area contributed by atoms with Gasteiger partial charge in [0.1, 0.15) is 5.03 Å². The lowest BCUT2D eigenvalue weighted by atomic mass is 10.2. The minimum absolute atomic E-state index is 0.432. The SMILES string of the molecule is CC(C)CSc1ncccc1[C@H](C)O. The van der Waals surface area contributed by atoms with Crippen molar-refractivity contribution in [3.63, 3.8) is 0 Å². The molecule has 0 bridgehead atoms. The Labute approximate surface area is 89.8 Å². The fourth-order valence-corrected chi connectivity index (χ4v) is 2.12. The Morgan fingerprint density at radius 3 is 2.71 bits per heavy atom. The third kappa shape index (κ3) is 3.31. The molecule has 0 saturated heterocycles. The Balaban J connectivity index is 2.74. The van der Waals surface area contributed by atoms with Crippen molar-refractivity contribution in [1.82, 2.24) is 4.98 Å². The molecule has 0 saturated carbocycles. The molecular weight excluding hydrogens is 194 g/mol. The van der Waals surface area contributed by atoms with E-state index < -0.39 is 6.10 Å². The monoisotopic (exact) mass is 211 g/mol. The summed E-state index contributed by atoms with van der Waals surface area (Å²) in [5, 5.41) is 10.5. The highest BCUT2D eigenvalue weighted by Gasteiger charge is 2.09. The van der Waals surface area contributed by atoms with Crippen LogP contribution in [0.25, 0.3) is 0 Å². The van der Waals surface area contributed by atoms with Gasteiger partial charge in [-0.25, -0.2) is 4.98 Å². The standard InChI is InChI=1S/C11H17NOS/c1-8(2)7-14-11-10(9(3)13)5-4-6-12-11/h4-6,8-9,13H,7H2,1-3H3/t9-/m0/s1. The van der Waals surface area contributed by atoms with Gasteiger partial charge < -0.3 is 5.11 Å². The van der Waals surface area contributed by atoms with Gasteiger partial charge in [0.25, 0.3) is 0 Å². The van der Waals surface area contributed by atoms with E-state index >= 15 is 0 Å². The third-order valence-electron chi connectivity index (χ3n) is 1.80. The Kier molecular flexibility index (Phi) is 4.42. The van der Waals surface area contributed by atoms with E-state index in [1.54, 1.807) is 24.9 Å². The van der Waals surface area contributed by atoms with E-state index in [9.17, 15) is 5.11 Å². The van der Waals surface area contributed by atoms with Gasteiger partial charge in [-0.2, -0.15) is 0 Å². The highest BCUT2D eigenvalue weighted by molar-refractivity contribution is 7.99. The Hall–Kier alpha value is -0.540. The predicted molar refractivity (Wildman–Crippen MR) is 60.4 cm³/mol. The van der Waals surface area contributed by atoms with Crippen LogP contribution in [-0.2, 0) is 0 Å². The number of hydrogen-bond donors (Lipinski definition) is 1. The zero-order valence-corrected chi connectivity index (χ0v) is 9.71. The first-order valence-corrected chi connectivity index (χ1v) is 5.85. The largest absolute Gasteiger partial charge is 0.389 e. The smallest absolute Gasteiger partial charge is 0.102 e. The summed E-state index contributed by atoms with van der Waals surface area (Å²) in [5.41, 5.74) is 0.929. The van der Waals surface area contributed by atoms with Gasteiger partial charge in [0.15, 0.2) is 0 Å². The van der Waals surface area contributed by atoms with Crippen molar-refractivity contribution < 1.29 is 5.11 Å². The molecule has 78 valence electrons. The molecule has 1 N–H and O–H groups in total. The number of thioether (sulfide) groups is 1. The van der Waals surface area contributed by atoms with E-state index in [4.69, 9.17) is 0 Å². The summed E-state index contributed by atoms with van der Waals surface area (Å²) < 4.78 is 0. The van der Waals surface area contributed by atoms with Crippen LogP contribution in [0, 0.1) is 5.92 Å². The Morgan fingerprint density at radius 1 is 1.43 bits per heavy atom. The number of aliphatic hydroxyl groups is 1. The van der Waals surface area contributed by atoms with Gasteiger partial charge in [-0.15, -0.1) is 11.8 Å². The normalized spacial score (nSPS) is 13.2. The molecule has 3 heteroatoms. The molecular formula is C11H17NOS. The van der Waals surface area contributed by atoms with Crippen LogP contribution in [0.2, 0.25) is 0 Å². The van der Waals surface area contributed by atoms with Crippen molar-refractivity contribution in [3.05, 3.63) is 23.9 Å². The van der Waals surface area contributed by atoms with E-state index in [2.05, 4.69) is 18.8 Å². The van der Waals surface area contributed by atoms with Crippen LogP contribution in [0.3, 0.4) is 0 Å². The van der Waals surface area contributed by atoms with Crippen LogP contribution in [0.1, 0.15) is 32.4 Å². The number of hydrogen-bond acceptors (Lipinski definition) is 3. The van der Waals surface area contributed by atoms with Crippen LogP contribution in [0.5, 0.6) is 0 Å². The van der Waals surface area contributed by atoms with Crippen LogP contribution >= 0.6 is 11.8 Å². The van der Waals surface area contributed by atoms with Gasteiger partial charge in [-0.1, -0.05) is 19.9 Å². The molecule has 0 aliphatic rings. The highest BCUT2D eigenvalue weighted by Crippen LogP contribution is 2.26. The number of pyridine rings is 1. The molecule has 1 aromatic heterocycles. The fraction of sp³-hybridized carbons (Fsp3) is 0.545. The summed E-state index contributed by atoms with van der Waals surface area (Å²) >= 11 is 1.71. The minimum atomic E-state index is -0.432. The molecule has 0 radical (unpaired) electrons. The maximum Gasteiger partial charge on any atom is 0.102 e. The van der Waals surface area contributed by atoms with Crippen molar-refractivity contribution in [1.29, 1.82) is 0 Å². The van der Waals surface area contributed by atoms with E-state index in [1.807, 2.05) is 12.1 Å². The molecule has 0 aliphatic heterocycles. The maximum atomic E-state index is 9.52. The Morgan fingerprint density at radius 2 is 2.14 bits per heavy atom. The van der Waals surface area contributed by atoms with Gasteiger partial charge in [-0.05, 0) is 18.9 Å². The first-order chi connectivity index (χ1) is 6.61. The molecule has 1 heterocycles. The summed E-state index contributed by atoms with van der Waals surface area (Å²) in [6, 6.07) is 3.79. The van der Waals surface area contributed by atoms with Crippen LogP contribution in [-0.4, -0.2) is 15.8 Å². The lowest BCUT2D eigenvalue weighted by Crippen LogP contribution is -1.98. The first kappa shape index (κ1) is 11.5. The lowest BCUT2D eigenvalue weighted by Gasteiger charge is -2.10. The summed E-state index contributed by atoms with van der Waals surface area (Å²) in [6.45, 7) is 6.13. The summed E-state index contributed by atoms with van der Waals surface area (Å²) in [7, 11) is 0. The lowest BCUT2D eigenvalue weighted by molar-refractivity contribution is 0.195. The van der Waals surface area contributed by atoms with Crippen molar-refractivity contribution in [2.45, 2.75) is 31.9 Å². The maximum absolute atomic E-state index is 9.52. The third-order valence-corrected chi connectivity index (χ3v) is 3.25. The molecule has 2 nitrogen and oxygen atoms in total. The van der Waals surface area contributed by atoms with Crippen molar-refractivity contribution in [2.24, 2.45) is 5.92 Å². The molecule has 1 rings (SSSR count). The summed E-state index contributed by atoms with van der Waals surface area (Å²) in [4.78, 5) is 4.27. The predicted octanol–water partition coefficient (Wildman–Crippen LogP) is 2.88. The van der Waals surface area contributed by atoms with Gasteiger partial charge in [-0.3, -0.25) is 0 Å². The number of aliphatic hydroxyl groups excluding tert-OH is 1.